The number of non-ortho nitro benzene ring substituents is 1. The van der Waals surface area contributed by atoms with E-state index in [4.69, 9.17) is 4.74 Å². The molecule has 1 saturated heterocycles. The lowest BCUT2D eigenvalue weighted by molar-refractivity contribution is -0.384. The number of carbonyl (C=O) groups is 2. The fraction of sp³-hybridized carbons (Fsp3) is 0.346. The van der Waals surface area contributed by atoms with E-state index in [9.17, 15) is 19.7 Å². The van der Waals surface area contributed by atoms with E-state index in [1.807, 2.05) is 30.3 Å². The van der Waals surface area contributed by atoms with Gasteiger partial charge in [-0.3, -0.25) is 19.7 Å². The van der Waals surface area contributed by atoms with Crippen molar-refractivity contribution < 1.29 is 19.2 Å². The Bertz CT molecular complexity index is 1220. The normalized spacial score (nSPS) is 14.9. The third-order valence-electron chi connectivity index (χ3n) is 6.28. The zero-order valence-corrected chi connectivity index (χ0v) is 20.4. The van der Waals surface area contributed by atoms with E-state index in [1.165, 1.54) is 12.1 Å². The summed E-state index contributed by atoms with van der Waals surface area (Å²) in [7, 11) is 0. The van der Waals surface area contributed by atoms with Crippen LogP contribution in [0.3, 0.4) is 0 Å². The Morgan fingerprint density at radius 3 is 2.33 bits per heavy atom. The van der Waals surface area contributed by atoms with Crippen LogP contribution in [0.5, 0.6) is 0 Å². The van der Waals surface area contributed by atoms with Gasteiger partial charge in [0.15, 0.2) is 6.10 Å². The highest BCUT2D eigenvalue weighted by Crippen LogP contribution is 2.26. The summed E-state index contributed by atoms with van der Waals surface area (Å²) in [5.74, 6) is -0.742. The number of rotatable bonds is 8. The smallest absolute Gasteiger partial charge is 0.311 e. The average Bonchev–Trinajstić information content (AvgIpc) is 3.32. The minimum atomic E-state index is -0.891. The molecule has 10 nitrogen and oxygen atoms in total. The van der Waals surface area contributed by atoms with Gasteiger partial charge in [-0.25, -0.2) is 4.68 Å². The first kappa shape index (κ1) is 25.1. The summed E-state index contributed by atoms with van der Waals surface area (Å²) >= 11 is 0. The van der Waals surface area contributed by atoms with Gasteiger partial charge in [-0.2, -0.15) is 5.10 Å². The average molecular weight is 492 g/mol. The highest BCUT2D eigenvalue weighted by atomic mass is 16.6. The van der Waals surface area contributed by atoms with Gasteiger partial charge in [0.1, 0.15) is 0 Å². The Morgan fingerprint density at radius 2 is 1.72 bits per heavy atom. The molecule has 1 fully saturated rings. The molecule has 0 radical (unpaired) electrons. The topological polar surface area (TPSA) is 111 Å². The molecule has 1 amide bonds. The van der Waals surface area contributed by atoms with Gasteiger partial charge in [0.2, 0.25) is 0 Å². The zero-order chi connectivity index (χ0) is 25.7. The molecule has 0 unspecified atom stereocenters. The van der Waals surface area contributed by atoms with Crippen molar-refractivity contribution in [2.24, 2.45) is 0 Å². The Morgan fingerprint density at radius 1 is 1.06 bits per heavy atom. The predicted octanol–water partition coefficient (Wildman–Crippen LogP) is 3.09. The van der Waals surface area contributed by atoms with Crippen LogP contribution >= 0.6 is 0 Å². The summed E-state index contributed by atoms with van der Waals surface area (Å²) in [4.78, 5) is 40.2. The van der Waals surface area contributed by atoms with Crippen molar-refractivity contribution in [2.75, 3.05) is 32.7 Å². The van der Waals surface area contributed by atoms with Gasteiger partial charge in [0.25, 0.3) is 11.6 Å². The van der Waals surface area contributed by atoms with Gasteiger partial charge in [-0.15, -0.1) is 0 Å². The summed E-state index contributed by atoms with van der Waals surface area (Å²) < 4.78 is 7.16. The molecule has 1 aromatic heterocycles. The second-order valence-corrected chi connectivity index (χ2v) is 8.66. The summed E-state index contributed by atoms with van der Waals surface area (Å²) in [5, 5.41) is 15.7. The lowest BCUT2D eigenvalue weighted by Gasteiger charge is -2.35. The standard InChI is InChI=1S/C26H29N5O5/c1-3-28-13-15-29(16-14-28)26(33)19(2)36-24(32)17-21-18-30(22-7-5-4-6-8-22)27-25(21)20-9-11-23(12-10-20)31(34)35/h4-12,18-19H,3,13-17H2,1-2H3/t19-/m1/s1. The highest BCUT2D eigenvalue weighted by molar-refractivity contribution is 5.84. The summed E-state index contributed by atoms with van der Waals surface area (Å²) in [6, 6.07) is 15.4. The minimum absolute atomic E-state index is 0.0330. The molecule has 2 heterocycles. The molecule has 0 aliphatic carbocycles. The molecule has 4 rings (SSSR count). The van der Waals surface area contributed by atoms with Crippen LogP contribution < -0.4 is 0 Å². The van der Waals surface area contributed by atoms with Gasteiger partial charge in [0, 0.05) is 55.6 Å². The maximum atomic E-state index is 12.9. The van der Waals surface area contributed by atoms with Crippen LogP contribution in [0.1, 0.15) is 19.4 Å². The van der Waals surface area contributed by atoms with Crippen LogP contribution in [0.2, 0.25) is 0 Å². The first-order valence-corrected chi connectivity index (χ1v) is 11.9. The summed E-state index contributed by atoms with van der Waals surface area (Å²) in [6.07, 6.45) is 0.752. The number of likely N-dealkylation sites (N-methyl/N-ethyl adjacent to an activating group) is 1. The molecular formula is C26H29N5O5. The first-order chi connectivity index (χ1) is 17.4. The third kappa shape index (κ3) is 5.77. The largest absolute Gasteiger partial charge is 0.452 e. The van der Waals surface area contributed by atoms with Gasteiger partial charge in [-0.05, 0) is 37.7 Å². The predicted molar refractivity (Wildman–Crippen MR) is 134 cm³/mol. The molecule has 36 heavy (non-hydrogen) atoms. The van der Waals surface area contributed by atoms with Crippen molar-refractivity contribution in [2.45, 2.75) is 26.4 Å². The van der Waals surface area contributed by atoms with Crippen LogP contribution in [0.25, 0.3) is 16.9 Å². The molecule has 0 saturated carbocycles. The van der Waals surface area contributed by atoms with E-state index in [0.29, 0.717) is 29.9 Å². The van der Waals surface area contributed by atoms with Crippen molar-refractivity contribution in [1.29, 1.82) is 0 Å². The minimum Gasteiger partial charge on any atom is -0.452 e. The second kappa shape index (κ2) is 11.1. The maximum absolute atomic E-state index is 12.9. The van der Waals surface area contributed by atoms with Crippen molar-refractivity contribution in [1.82, 2.24) is 19.6 Å². The van der Waals surface area contributed by atoms with Crippen LogP contribution in [0, 0.1) is 10.1 Å². The molecule has 0 N–H and O–H groups in total. The van der Waals surface area contributed by atoms with Crippen molar-refractivity contribution in [3.8, 4) is 16.9 Å². The monoisotopic (exact) mass is 491 g/mol. The summed E-state index contributed by atoms with van der Waals surface area (Å²) in [6.45, 7) is 7.47. The molecule has 1 aliphatic heterocycles. The molecule has 2 aromatic carbocycles. The number of ether oxygens (including phenoxy) is 1. The number of carbonyl (C=O) groups excluding carboxylic acids is 2. The van der Waals surface area contributed by atoms with E-state index in [2.05, 4.69) is 16.9 Å². The fourth-order valence-electron chi connectivity index (χ4n) is 4.22. The number of nitro groups is 1. The fourth-order valence-corrected chi connectivity index (χ4v) is 4.22. The lowest BCUT2D eigenvalue weighted by atomic mass is 10.1. The van der Waals surface area contributed by atoms with E-state index in [1.54, 1.807) is 34.8 Å². The molecule has 0 spiro atoms. The molecule has 188 valence electrons. The Balaban J connectivity index is 1.51. The first-order valence-electron chi connectivity index (χ1n) is 11.9. The number of nitrogens with zero attached hydrogens (tertiary/aromatic N) is 5. The van der Waals surface area contributed by atoms with Crippen molar-refractivity contribution >= 4 is 17.6 Å². The number of piperazine rings is 1. The van der Waals surface area contributed by atoms with Crippen LogP contribution in [-0.2, 0) is 20.7 Å². The Kier molecular flexibility index (Phi) is 7.74. The molecule has 3 aromatic rings. The van der Waals surface area contributed by atoms with E-state index in [0.717, 1.165) is 25.3 Å². The van der Waals surface area contributed by atoms with E-state index in [-0.39, 0.29) is 18.0 Å². The second-order valence-electron chi connectivity index (χ2n) is 8.66. The van der Waals surface area contributed by atoms with E-state index < -0.39 is 17.0 Å². The van der Waals surface area contributed by atoms with Gasteiger partial charge >= 0.3 is 5.97 Å². The van der Waals surface area contributed by atoms with Crippen LogP contribution in [-0.4, -0.2) is 75.2 Å². The molecule has 0 bridgehead atoms. The number of hydrogen-bond acceptors (Lipinski definition) is 7. The number of benzene rings is 2. The summed E-state index contributed by atoms with van der Waals surface area (Å²) in [5.41, 5.74) is 2.51. The number of hydrogen-bond donors (Lipinski definition) is 0. The molecular weight excluding hydrogens is 462 g/mol. The number of esters is 1. The van der Waals surface area contributed by atoms with Gasteiger partial charge in [-0.1, -0.05) is 25.1 Å². The van der Waals surface area contributed by atoms with E-state index >= 15 is 0 Å². The van der Waals surface area contributed by atoms with Gasteiger partial charge in [0.05, 0.1) is 22.7 Å². The number of para-hydroxylation sites is 1. The molecule has 1 atom stereocenters. The lowest BCUT2D eigenvalue weighted by Crippen LogP contribution is -2.51. The quantitative estimate of drug-likeness (QED) is 0.270. The Hall–Kier alpha value is -4.05. The highest BCUT2D eigenvalue weighted by Gasteiger charge is 2.27. The van der Waals surface area contributed by atoms with Crippen molar-refractivity contribution in [3.05, 3.63) is 76.5 Å². The number of nitro benzene ring substituents is 1. The zero-order valence-electron chi connectivity index (χ0n) is 20.4. The number of amides is 1. The Labute approximate surface area is 209 Å². The molecule has 1 aliphatic rings. The van der Waals surface area contributed by atoms with Crippen molar-refractivity contribution in [3.63, 3.8) is 0 Å². The van der Waals surface area contributed by atoms with Gasteiger partial charge < -0.3 is 14.5 Å². The van der Waals surface area contributed by atoms with Crippen LogP contribution in [0.4, 0.5) is 5.69 Å². The third-order valence-corrected chi connectivity index (χ3v) is 6.28. The molecule has 10 heteroatoms. The van der Waals surface area contributed by atoms with Crippen LogP contribution in [0.15, 0.2) is 60.8 Å². The number of aromatic nitrogens is 2. The SMILES string of the molecule is CCN1CCN(C(=O)[C@@H](C)OC(=O)Cc2cn(-c3ccccc3)nc2-c2ccc([N+](=O)[O-])cc2)CC1. The maximum Gasteiger partial charge on any atom is 0.311 e.